The highest BCUT2D eigenvalue weighted by molar-refractivity contribution is 7.12. The summed E-state index contributed by atoms with van der Waals surface area (Å²) >= 11 is 1.39. The molecule has 1 aromatic carbocycles. The van der Waals surface area contributed by atoms with Crippen molar-refractivity contribution in [3.8, 4) is 0 Å². The van der Waals surface area contributed by atoms with Gasteiger partial charge in [0.25, 0.3) is 11.7 Å². The molecule has 0 spiro atoms. The number of aryl methyl sites for hydroxylation is 2. The SMILES string of the molecule is Cc1nc2ncnn2c(C)c1CCC(=O)Nc1ccc(NC(=O)c2cccs2)cc1. The van der Waals surface area contributed by atoms with Gasteiger partial charge in [-0.2, -0.15) is 10.1 Å². The fourth-order valence-corrected chi connectivity index (χ4v) is 3.84. The van der Waals surface area contributed by atoms with E-state index in [1.807, 2.05) is 25.3 Å². The molecule has 4 rings (SSSR count). The third-order valence-electron chi connectivity index (χ3n) is 4.76. The molecule has 8 nitrogen and oxygen atoms in total. The number of benzene rings is 1. The molecular weight excluding hydrogens is 400 g/mol. The minimum absolute atomic E-state index is 0.0946. The van der Waals surface area contributed by atoms with Gasteiger partial charge in [0.2, 0.25) is 5.91 Å². The molecule has 3 heterocycles. The average molecular weight is 420 g/mol. The lowest BCUT2D eigenvalue weighted by Crippen LogP contribution is -2.14. The Labute approximate surface area is 177 Å². The maximum atomic E-state index is 12.4. The van der Waals surface area contributed by atoms with Crippen LogP contribution in [0.15, 0.2) is 48.1 Å². The molecular formula is C21H20N6O2S. The predicted octanol–water partition coefficient (Wildman–Crippen LogP) is 3.63. The van der Waals surface area contributed by atoms with Crippen LogP contribution in [-0.2, 0) is 11.2 Å². The number of nitrogens with zero attached hydrogens (tertiary/aromatic N) is 4. The van der Waals surface area contributed by atoms with Crippen molar-refractivity contribution in [3.63, 3.8) is 0 Å². The number of carbonyl (C=O) groups excluding carboxylic acids is 2. The van der Waals surface area contributed by atoms with Crippen molar-refractivity contribution in [2.24, 2.45) is 0 Å². The molecule has 9 heteroatoms. The fourth-order valence-electron chi connectivity index (χ4n) is 3.22. The molecule has 0 aliphatic heterocycles. The summed E-state index contributed by atoms with van der Waals surface area (Å²) in [4.78, 5) is 33.7. The van der Waals surface area contributed by atoms with Gasteiger partial charge in [0.1, 0.15) is 6.33 Å². The molecule has 0 saturated carbocycles. The van der Waals surface area contributed by atoms with Crippen LogP contribution in [0.25, 0.3) is 5.78 Å². The highest BCUT2D eigenvalue weighted by Crippen LogP contribution is 2.18. The molecule has 0 bridgehead atoms. The Bertz CT molecular complexity index is 1200. The molecule has 0 atom stereocenters. The first kappa shape index (κ1) is 19.7. The Kier molecular flexibility index (Phi) is 5.53. The largest absolute Gasteiger partial charge is 0.326 e. The molecule has 3 aromatic heterocycles. The van der Waals surface area contributed by atoms with Gasteiger partial charge in [-0.05, 0) is 61.5 Å². The summed E-state index contributed by atoms with van der Waals surface area (Å²) in [5.74, 6) is 0.317. The van der Waals surface area contributed by atoms with E-state index in [-0.39, 0.29) is 11.8 Å². The molecule has 0 unspecified atom stereocenters. The number of carbonyl (C=O) groups is 2. The van der Waals surface area contributed by atoms with Crippen molar-refractivity contribution in [2.45, 2.75) is 26.7 Å². The normalized spacial score (nSPS) is 10.9. The summed E-state index contributed by atoms with van der Waals surface area (Å²) in [5, 5.41) is 11.8. The number of nitrogens with one attached hydrogen (secondary N) is 2. The van der Waals surface area contributed by atoms with E-state index in [0.29, 0.717) is 34.9 Å². The maximum absolute atomic E-state index is 12.4. The van der Waals surface area contributed by atoms with Crippen LogP contribution < -0.4 is 10.6 Å². The average Bonchev–Trinajstić information content (AvgIpc) is 3.41. The van der Waals surface area contributed by atoms with E-state index in [9.17, 15) is 9.59 Å². The third-order valence-corrected chi connectivity index (χ3v) is 5.63. The van der Waals surface area contributed by atoms with E-state index >= 15 is 0 Å². The molecule has 4 aromatic rings. The molecule has 0 saturated heterocycles. The molecule has 0 aliphatic carbocycles. The second-order valence-electron chi connectivity index (χ2n) is 6.79. The summed E-state index contributed by atoms with van der Waals surface area (Å²) in [5.41, 5.74) is 4.13. The van der Waals surface area contributed by atoms with Gasteiger partial charge >= 0.3 is 0 Å². The Morgan fingerprint density at radius 3 is 2.50 bits per heavy atom. The zero-order valence-corrected chi connectivity index (χ0v) is 17.4. The molecule has 2 amide bonds. The highest BCUT2D eigenvalue weighted by atomic mass is 32.1. The van der Waals surface area contributed by atoms with Crippen molar-refractivity contribution in [1.82, 2.24) is 19.6 Å². The van der Waals surface area contributed by atoms with Gasteiger partial charge in [0, 0.05) is 29.2 Å². The van der Waals surface area contributed by atoms with Crippen LogP contribution in [0.4, 0.5) is 11.4 Å². The number of aromatic nitrogens is 4. The maximum Gasteiger partial charge on any atom is 0.265 e. The third kappa shape index (κ3) is 4.20. The first-order valence-corrected chi connectivity index (χ1v) is 10.3. The summed E-state index contributed by atoms with van der Waals surface area (Å²) in [6, 6.07) is 10.7. The monoisotopic (exact) mass is 420 g/mol. The predicted molar refractivity (Wildman–Crippen MR) is 116 cm³/mol. The molecule has 30 heavy (non-hydrogen) atoms. The Morgan fingerprint density at radius 1 is 1.07 bits per heavy atom. The van der Waals surface area contributed by atoms with Crippen LogP contribution in [0.5, 0.6) is 0 Å². The van der Waals surface area contributed by atoms with Crippen molar-refractivity contribution in [1.29, 1.82) is 0 Å². The second-order valence-corrected chi connectivity index (χ2v) is 7.74. The Hall–Kier alpha value is -3.59. The van der Waals surface area contributed by atoms with Crippen LogP contribution in [0, 0.1) is 13.8 Å². The van der Waals surface area contributed by atoms with Crippen LogP contribution in [0.3, 0.4) is 0 Å². The van der Waals surface area contributed by atoms with Gasteiger partial charge < -0.3 is 10.6 Å². The number of thiophene rings is 1. The van der Waals surface area contributed by atoms with Gasteiger partial charge in [-0.1, -0.05) is 6.07 Å². The van der Waals surface area contributed by atoms with Crippen molar-refractivity contribution >= 4 is 40.3 Å². The fraction of sp³-hybridized carbons (Fsp3) is 0.190. The van der Waals surface area contributed by atoms with Crippen LogP contribution in [0.2, 0.25) is 0 Å². The number of anilines is 2. The molecule has 0 aliphatic rings. The zero-order valence-electron chi connectivity index (χ0n) is 16.5. The second kappa shape index (κ2) is 8.42. The smallest absolute Gasteiger partial charge is 0.265 e. The van der Waals surface area contributed by atoms with Gasteiger partial charge in [0.15, 0.2) is 0 Å². The molecule has 2 N–H and O–H groups in total. The molecule has 152 valence electrons. The zero-order chi connectivity index (χ0) is 21.1. The lowest BCUT2D eigenvalue weighted by molar-refractivity contribution is -0.116. The quantitative estimate of drug-likeness (QED) is 0.496. The first-order chi connectivity index (χ1) is 14.5. The summed E-state index contributed by atoms with van der Waals surface area (Å²) in [6.45, 7) is 3.87. The number of hydrogen-bond acceptors (Lipinski definition) is 6. The Balaban J connectivity index is 1.35. The van der Waals surface area contributed by atoms with Gasteiger partial charge in [0.05, 0.1) is 4.88 Å². The van der Waals surface area contributed by atoms with Gasteiger partial charge in [-0.25, -0.2) is 9.50 Å². The summed E-state index contributed by atoms with van der Waals surface area (Å²) in [7, 11) is 0. The number of fused-ring (bicyclic) bond motifs is 1. The van der Waals surface area contributed by atoms with E-state index in [4.69, 9.17) is 0 Å². The number of rotatable bonds is 6. The molecule has 0 fully saturated rings. The van der Waals surface area contributed by atoms with Crippen LogP contribution in [-0.4, -0.2) is 31.4 Å². The van der Waals surface area contributed by atoms with Crippen molar-refractivity contribution < 1.29 is 9.59 Å². The summed E-state index contributed by atoms with van der Waals surface area (Å²) < 4.78 is 1.68. The van der Waals surface area contributed by atoms with E-state index in [0.717, 1.165) is 17.0 Å². The standard InChI is InChI=1S/C21H20N6O2S/c1-13-17(14(2)27-21(24-13)22-12-23-27)9-10-19(28)25-15-5-7-16(8-6-15)26-20(29)18-4-3-11-30-18/h3-8,11-12H,9-10H2,1-2H3,(H,25,28)(H,26,29). The number of hydrogen-bond donors (Lipinski definition) is 2. The van der Waals surface area contributed by atoms with E-state index < -0.39 is 0 Å². The number of amides is 2. The minimum atomic E-state index is -0.148. The Morgan fingerprint density at radius 2 is 1.80 bits per heavy atom. The van der Waals surface area contributed by atoms with E-state index in [1.165, 1.54) is 17.7 Å². The van der Waals surface area contributed by atoms with Crippen LogP contribution in [0.1, 0.15) is 33.0 Å². The lowest BCUT2D eigenvalue weighted by Gasteiger charge is -2.11. The minimum Gasteiger partial charge on any atom is -0.326 e. The highest BCUT2D eigenvalue weighted by Gasteiger charge is 2.13. The summed E-state index contributed by atoms with van der Waals surface area (Å²) in [6.07, 6.45) is 2.35. The first-order valence-electron chi connectivity index (χ1n) is 9.42. The van der Waals surface area contributed by atoms with E-state index in [1.54, 1.807) is 34.8 Å². The van der Waals surface area contributed by atoms with Gasteiger partial charge in [-0.15, -0.1) is 11.3 Å². The van der Waals surface area contributed by atoms with E-state index in [2.05, 4.69) is 25.7 Å². The van der Waals surface area contributed by atoms with Crippen LogP contribution >= 0.6 is 11.3 Å². The lowest BCUT2D eigenvalue weighted by atomic mass is 10.1. The topological polar surface area (TPSA) is 101 Å². The van der Waals surface area contributed by atoms with Crippen molar-refractivity contribution in [2.75, 3.05) is 10.6 Å². The van der Waals surface area contributed by atoms with Gasteiger partial charge in [-0.3, -0.25) is 9.59 Å². The molecule has 0 radical (unpaired) electrons. The van der Waals surface area contributed by atoms with Crippen molar-refractivity contribution in [3.05, 3.63) is 69.9 Å².